The van der Waals surface area contributed by atoms with Crippen LogP contribution in [-0.2, 0) is 11.3 Å². The van der Waals surface area contributed by atoms with Crippen molar-refractivity contribution in [2.45, 2.75) is 38.8 Å². The molecular formula is C18H28N2O3. The highest BCUT2D eigenvalue weighted by Crippen LogP contribution is 2.35. The maximum Gasteiger partial charge on any atom is 0.317 e. The summed E-state index contributed by atoms with van der Waals surface area (Å²) in [6.45, 7) is 4.08. The Morgan fingerprint density at radius 1 is 1.30 bits per heavy atom. The summed E-state index contributed by atoms with van der Waals surface area (Å²) in [5, 5.41) is 3.01. The van der Waals surface area contributed by atoms with E-state index in [-0.39, 0.29) is 12.1 Å². The van der Waals surface area contributed by atoms with Crippen LogP contribution in [-0.4, -0.2) is 44.3 Å². The summed E-state index contributed by atoms with van der Waals surface area (Å²) >= 11 is 0. The maximum atomic E-state index is 12.6. The molecule has 0 unspecified atom stereocenters. The zero-order valence-electron chi connectivity index (χ0n) is 14.4. The molecule has 1 aliphatic rings. The normalized spacial score (nSPS) is 15.1. The van der Waals surface area contributed by atoms with Gasteiger partial charge in [-0.1, -0.05) is 12.1 Å². The number of nitrogens with one attached hydrogen (secondary N) is 1. The Morgan fingerprint density at radius 3 is 2.57 bits per heavy atom. The van der Waals surface area contributed by atoms with Crippen LogP contribution in [0.3, 0.4) is 0 Å². The van der Waals surface area contributed by atoms with Gasteiger partial charge in [0, 0.05) is 32.8 Å². The molecular weight excluding hydrogens is 292 g/mol. The molecule has 1 saturated carbocycles. The summed E-state index contributed by atoms with van der Waals surface area (Å²) in [5.41, 5.74) is 1.12. The Balaban J connectivity index is 1.96. The van der Waals surface area contributed by atoms with Crippen LogP contribution in [0.4, 0.5) is 4.79 Å². The fourth-order valence-electron chi connectivity index (χ4n) is 2.67. The first-order chi connectivity index (χ1) is 11.2. The molecule has 1 atom stereocenters. The Hall–Kier alpha value is -1.75. The van der Waals surface area contributed by atoms with Crippen molar-refractivity contribution in [2.75, 3.05) is 27.4 Å². The van der Waals surface area contributed by atoms with E-state index in [1.54, 1.807) is 14.2 Å². The molecule has 0 heterocycles. The Morgan fingerprint density at radius 2 is 2.00 bits per heavy atom. The summed E-state index contributed by atoms with van der Waals surface area (Å²) in [6, 6.07) is 8.18. The highest BCUT2D eigenvalue weighted by molar-refractivity contribution is 5.74. The van der Waals surface area contributed by atoms with Crippen molar-refractivity contribution in [3.8, 4) is 5.75 Å². The average molecular weight is 320 g/mol. The van der Waals surface area contributed by atoms with Crippen LogP contribution in [0.25, 0.3) is 0 Å². The largest absolute Gasteiger partial charge is 0.497 e. The van der Waals surface area contributed by atoms with Gasteiger partial charge in [-0.25, -0.2) is 4.79 Å². The van der Waals surface area contributed by atoms with E-state index in [9.17, 15) is 4.79 Å². The average Bonchev–Trinajstić information content (AvgIpc) is 3.41. The van der Waals surface area contributed by atoms with E-state index in [1.165, 1.54) is 12.8 Å². The molecule has 1 fully saturated rings. The summed E-state index contributed by atoms with van der Waals surface area (Å²) in [6.07, 6.45) is 3.27. The summed E-state index contributed by atoms with van der Waals surface area (Å²) in [4.78, 5) is 14.5. The Bertz CT molecular complexity index is 486. The number of hydrogen-bond donors (Lipinski definition) is 1. The van der Waals surface area contributed by atoms with Gasteiger partial charge in [0.2, 0.25) is 0 Å². The number of benzene rings is 1. The molecule has 0 radical (unpaired) electrons. The second kappa shape index (κ2) is 8.77. The lowest BCUT2D eigenvalue weighted by Crippen LogP contribution is -2.45. The predicted molar refractivity (Wildman–Crippen MR) is 90.6 cm³/mol. The Kier molecular flexibility index (Phi) is 6.71. The third kappa shape index (κ3) is 5.43. The van der Waals surface area contributed by atoms with Gasteiger partial charge in [0.15, 0.2) is 0 Å². The van der Waals surface area contributed by atoms with Crippen LogP contribution in [0.5, 0.6) is 5.75 Å². The van der Waals surface area contributed by atoms with Crippen molar-refractivity contribution in [1.82, 2.24) is 10.2 Å². The lowest BCUT2D eigenvalue weighted by atomic mass is 10.1. The third-order valence-electron chi connectivity index (χ3n) is 4.37. The molecule has 5 nitrogen and oxygen atoms in total. The van der Waals surface area contributed by atoms with Crippen molar-refractivity contribution >= 4 is 6.03 Å². The number of rotatable bonds is 9. The minimum absolute atomic E-state index is 0.0105. The Labute approximate surface area is 139 Å². The van der Waals surface area contributed by atoms with Crippen LogP contribution < -0.4 is 10.1 Å². The van der Waals surface area contributed by atoms with Crippen LogP contribution in [0.1, 0.15) is 31.7 Å². The minimum Gasteiger partial charge on any atom is -0.497 e. The zero-order valence-corrected chi connectivity index (χ0v) is 14.4. The quantitative estimate of drug-likeness (QED) is 0.712. The van der Waals surface area contributed by atoms with E-state index in [2.05, 4.69) is 12.2 Å². The first kappa shape index (κ1) is 17.6. The predicted octanol–water partition coefficient (Wildman–Crippen LogP) is 3.04. The molecule has 2 amide bonds. The van der Waals surface area contributed by atoms with Gasteiger partial charge in [0.05, 0.1) is 7.11 Å². The number of urea groups is 1. The SMILES string of the molecule is COCCCNC(=O)N(Cc1ccc(OC)cc1)[C@@H](C)C1CC1. The molecule has 5 heteroatoms. The molecule has 0 aliphatic heterocycles. The van der Waals surface area contributed by atoms with Crippen molar-refractivity contribution < 1.29 is 14.3 Å². The molecule has 0 aromatic heterocycles. The topological polar surface area (TPSA) is 50.8 Å². The zero-order chi connectivity index (χ0) is 16.7. The number of carbonyl (C=O) groups excluding carboxylic acids is 1. The van der Waals surface area contributed by atoms with Gasteiger partial charge in [0.1, 0.15) is 5.75 Å². The molecule has 0 spiro atoms. The van der Waals surface area contributed by atoms with Gasteiger partial charge in [-0.2, -0.15) is 0 Å². The molecule has 1 aromatic rings. The second-order valence-electron chi connectivity index (χ2n) is 6.13. The van der Waals surface area contributed by atoms with Gasteiger partial charge in [-0.15, -0.1) is 0 Å². The van der Waals surface area contributed by atoms with Gasteiger partial charge in [-0.05, 0) is 49.8 Å². The summed E-state index contributed by atoms with van der Waals surface area (Å²) < 4.78 is 10.2. The highest BCUT2D eigenvalue weighted by Gasteiger charge is 2.34. The van der Waals surface area contributed by atoms with Gasteiger partial charge < -0.3 is 19.7 Å². The van der Waals surface area contributed by atoms with Crippen molar-refractivity contribution in [3.63, 3.8) is 0 Å². The number of ether oxygens (including phenoxy) is 2. The van der Waals surface area contributed by atoms with Crippen LogP contribution in [0, 0.1) is 5.92 Å². The van der Waals surface area contributed by atoms with E-state index in [0.29, 0.717) is 25.6 Å². The van der Waals surface area contributed by atoms with E-state index in [4.69, 9.17) is 9.47 Å². The molecule has 0 saturated heterocycles. The fraction of sp³-hybridized carbons (Fsp3) is 0.611. The second-order valence-corrected chi connectivity index (χ2v) is 6.13. The number of methoxy groups -OCH3 is 2. The molecule has 128 valence electrons. The molecule has 0 bridgehead atoms. The van der Waals surface area contributed by atoms with Crippen molar-refractivity contribution in [1.29, 1.82) is 0 Å². The summed E-state index contributed by atoms with van der Waals surface area (Å²) in [7, 11) is 3.33. The van der Waals surface area contributed by atoms with E-state index >= 15 is 0 Å². The number of amides is 2. The lowest BCUT2D eigenvalue weighted by molar-refractivity contribution is 0.163. The number of nitrogens with zero attached hydrogens (tertiary/aromatic N) is 1. The van der Waals surface area contributed by atoms with Crippen LogP contribution in [0.15, 0.2) is 24.3 Å². The minimum atomic E-state index is 0.0105. The third-order valence-corrected chi connectivity index (χ3v) is 4.37. The van der Waals surface area contributed by atoms with E-state index in [0.717, 1.165) is 17.7 Å². The molecule has 23 heavy (non-hydrogen) atoms. The monoisotopic (exact) mass is 320 g/mol. The first-order valence-corrected chi connectivity index (χ1v) is 8.32. The fourth-order valence-corrected chi connectivity index (χ4v) is 2.67. The smallest absolute Gasteiger partial charge is 0.317 e. The van der Waals surface area contributed by atoms with Crippen LogP contribution in [0.2, 0.25) is 0 Å². The standard InChI is InChI=1S/C18H28N2O3/c1-14(16-7-8-16)20(18(21)19-11-4-12-22-2)13-15-5-9-17(23-3)10-6-15/h5-6,9-10,14,16H,4,7-8,11-13H2,1-3H3,(H,19,21)/t14-/m0/s1. The molecule has 1 N–H and O–H groups in total. The van der Waals surface area contributed by atoms with Crippen molar-refractivity contribution in [2.24, 2.45) is 5.92 Å². The number of hydrogen-bond acceptors (Lipinski definition) is 3. The number of carbonyl (C=O) groups is 1. The van der Waals surface area contributed by atoms with Crippen LogP contribution >= 0.6 is 0 Å². The van der Waals surface area contributed by atoms with Gasteiger partial charge in [0.25, 0.3) is 0 Å². The van der Waals surface area contributed by atoms with Crippen molar-refractivity contribution in [3.05, 3.63) is 29.8 Å². The molecule has 2 rings (SSSR count). The van der Waals surface area contributed by atoms with E-state index in [1.807, 2.05) is 29.2 Å². The first-order valence-electron chi connectivity index (χ1n) is 8.32. The highest BCUT2D eigenvalue weighted by atomic mass is 16.5. The maximum absolute atomic E-state index is 12.6. The van der Waals surface area contributed by atoms with E-state index < -0.39 is 0 Å². The molecule has 1 aliphatic carbocycles. The lowest BCUT2D eigenvalue weighted by Gasteiger charge is -2.30. The molecule has 1 aromatic carbocycles. The summed E-state index contributed by atoms with van der Waals surface area (Å²) in [5.74, 6) is 1.47. The van der Waals surface area contributed by atoms with Gasteiger partial charge in [-0.3, -0.25) is 0 Å². The van der Waals surface area contributed by atoms with Gasteiger partial charge >= 0.3 is 6.03 Å².